The number of benzene rings is 1. The number of anilines is 1. The first-order valence-corrected chi connectivity index (χ1v) is 12.3. The maximum atomic E-state index is 13.3. The maximum Gasteiger partial charge on any atom is 0.270 e. The van der Waals surface area contributed by atoms with Crippen molar-refractivity contribution in [1.82, 2.24) is 9.88 Å². The highest BCUT2D eigenvalue weighted by Gasteiger charge is 2.23. The van der Waals surface area contributed by atoms with Gasteiger partial charge in [-0.05, 0) is 58.6 Å². The Balaban J connectivity index is 1.56. The predicted molar refractivity (Wildman–Crippen MR) is 125 cm³/mol. The van der Waals surface area contributed by atoms with Crippen LogP contribution in [0, 0.1) is 0 Å². The van der Waals surface area contributed by atoms with Crippen LogP contribution in [-0.4, -0.2) is 55.2 Å². The van der Waals surface area contributed by atoms with E-state index < -0.39 is 0 Å². The first-order chi connectivity index (χ1) is 14.1. The standard InChI is InChI=1S/C21H24BrN3O2S2/c1-2-15-4-5-16-18(14-15)29-21(23-16)25(20(26)17-6-7-19(22)28-17)9-3-8-24-10-12-27-13-11-24/h4-7,14H,2-3,8-13H2,1H3. The molecule has 1 amide bonds. The molecule has 0 N–H and O–H groups in total. The fourth-order valence-corrected chi connectivity index (χ4v) is 5.80. The molecule has 3 heterocycles. The summed E-state index contributed by atoms with van der Waals surface area (Å²) in [5.41, 5.74) is 2.25. The van der Waals surface area contributed by atoms with Gasteiger partial charge in [0, 0.05) is 26.2 Å². The van der Waals surface area contributed by atoms with Crippen molar-refractivity contribution >= 4 is 59.9 Å². The number of rotatable bonds is 7. The minimum absolute atomic E-state index is 0.0254. The molecule has 1 aromatic carbocycles. The van der Waals surface area contributed by atoms with Crippen LogP contribution in [0.4, 0.5) is 5.13 Å². The first-order valence-electron chi connectivity index (χ1n) is 9.91. The average Bonchev–Trinajstić information content (AvgIpc) is 3.37. The summed E-state index contributed by atoms with van der Waals surface area (Å²) in [6.45, 7) is 7.30. The van der Waals surface area contributed by atoms with E-state index in [-0.39, 0.29) is 5.91 Å². The lowest BCUT2D eigenvalue weighted by Crippen LogP contribution is -2.39. The summed E-state index contributed by atoms with van der Waals surface area (Å²) < 4.78 is 7.53. The molecule has 3 aromatic rings. The van der Waals surface area contributed by atoms with Crippen LogP contribution in [0.25, 0.3) is 10.2 Å². The summed E-state index contributed by atoms with van der Waals surface area (Å²) in [5, 5.41) is 0.782. The molecule has 0 spiro atoms. The number of carbonyl (C=O) groups excluding carboxylic acids is 1. The smallest absolute Gasteiger partial charge is 0.270 e. The topological polar surface area (TPSA) is 45.7 Å². The molecule has 0 bridgehead atoms. The highest BCUT2D eigenvalue weighted by atomic mass is 79.9. The van der Waals surface area contributed by atoms with Crippen LogP contribution >= 0.6 is 38.6 Å². The normalized spacial score (nSPS) is 15.1. The van der Waals surface area contributed by atoms with Gasteiger partial charge in [0.15, 0.2) is 5.13 Å². The molecule has 29 heavy (non-hydrogen) atoms. The minimum Gasteiger partial charge on any atom is -0.379 e. The van der Waals surface area contributed by atoms with Crippen LogP contribution in [0.2, 0.25) is 0 Å². The third-order valence-corrected chi connectivity index (χ3v) is 7.72. The van der Waals surface area contributed by atoms with Crippen LogP contribution < -0.4 is 4.90 Å². The molecule has 1 aliphatic heterocycles. The monoisotopic (exact) mass is 493 g/mol. The molecule has 0 radical (unpaired) electrons. The first kappa shape index (κ1) is 20.9. The molecule has 0 unspecified atom stereocenters. The number of fused-ring (bicyclic) bond motifs is 1. The molecule has 154 valence electrons. The summed E-state index contributed by atoms with van der Waals surface area (Å²) in [5.74, 6) is 0.0254. The number of aromatic nitrogens is 1. The molecule has 0 saturated carbocycles. The number of thiophene rings is 1. The van der Waals surface area contributed by atoms with Crippen LogP contribution in [0.3, 0.4) is 0 Å². The number of hydrogen-bond acceptors (Lipinski definition) is 6. The largest absolute Gasteiger partial charge is 0.379 e. The second-order valence-electron chi connectivity index (χ2n) is 7.02. The number of aryl methyl sites for hydroxylation is 1. The highest BCUT2D eigenvalue weighted by Crippen LogP contribution is 2.32. The molecule has 1 aliphatic rings. The number of ether oxygens (including phenoxy) is 1. The molecule has 4 rings (SSSR count). The van der Waals surface area contributed by atoms with E-state index in [2.05, 4.69) is 46.0 Å². The second-order valence-corrected chi connectivity index (χ2v) is 10.5. The number of carbonyl (C=O) groups is 1. The summed E-state index contributed by atoms with van der Waals surface area (Å²) >= 11 is 6.54. The van der Waals surface area contributed by atoms with Gasteiger partial charge in [0.05, 0.1) is 32.1 Å². The number of nitrogens with zero attached hydrogens (tertiary/aromatic N) is 3. The van der Waals surface area contributed by atoms with Crippen molar-refractivity contribution < 1.29 is 9.53 Å². The van der Waals surface area contributed by atoms with Gasteiger partial charge in [-0.3, -0.25) is 14.6 Å². The van der Waals surface area contributed by atoms with Gasteiger partial charge >= 0.3 is 0 Å². The predicted octanol–water partition coefficient (Wildman–Crippen LogP) is 5.05. The van der Waals surface area contributed by atoms with Gasteiger partial charge in [0.2, 0.25) is 0 Å². The van der Waals surface area contributed by atoms with E-state index in [1.54, 1.807) is 11.3 Å². The third kappa shape index (κ3) is 5.06. The fourth-order valence-electron chi connectivity index (χ4n) is 3.42. The zero-order valence-corrected chi connectivity index (χ0v) is 19.6. The summed E-state index contributed by atoms with van der Waals surface area (Å²) in [7, 11) is 0. The van der Waals surface area contributed by atoms with E-state index in [4.69, 9.17) is 9.72 Å². The van der Waals surface area contributed by atoms with E-state index in [0.717, 1.165) is 69.7 Å². The minimum atomic E-state index is 0.0254. The lowest BCUT2D eigenvalue weighted by molar-refractivity contribution is 0.0376. The van der Waals surface area contributed by atoms with Crippen LogP contribution in [0.5, 0.6) is 0 Å². The van der Waals surface area contributed by atoms with Crippen molar-refractivity contribution in [3.05, 3.63) is 44.6 Å². The summed E-state index contributed by atoms with van der Waals surface area (Å²) in [6.07, 6.45) is 1.91. The van der Waals surface area contributed by atoms with Crippen molar-refractivity contribution in [3.63, 3.8) is 0 Å². The Morgan fingerprint density at radius 1 is 1.24 bits per heavy atom. The molecular formula is C21H24BrN3O2S2. The molecule has 0 aliphatic carbocycles. The molecule has 0 atom stereocenters. The maximum absolute atomic E-state index is 13.3. The second kappa shape index (κ2) is 9.66. The van der Waals surface area contributed by atoms with Gasteiger partial charge in [0.25, 0.3) is 5.91 Å². The van der Waals surface area contributed by atoms with E-state index >= 15 is 0 Å². The van der Waals surface area contributed by atoms with Crippen LogP contribution in [-0.2, 0) is 11.2 Å². The number of morpholine rings is 1. The molecular weight excluding hydrogens is 470 g/mol. The van der Waals surface area contributed by atoms with Crippen LogP contribution in [0.1, 0.15) is 28.6 Å². The lowest BCUT2D eigenvalue weighted by Gasteiger charge is -2.27. The fraction of sp³-hybridized carbons (Fsp3) is 0.429. The molecule has 8 heteroatoms. The third-order valence-electron chi connectivity index (χ3n) is 5.07. The average molecular weight is 494 g/mol. The van der Waals surface area contributed by atoms with E-state index in [1.165, 1.54) is 16.9 Å². The zero-order chi connectivity index (χ0) is 20.2. The van der Waals surface area contributed by atoms with E-state index in [9.17, 15) is 4.79 Å². The Hall–Kier alpha value is -1.32. The number of hydrogen-bond donors (Lipinski definition) is 0. The Kier molecular flexibility index (Phi) is 6.97. The quantitative estimate of drug-likeness (QED) is 0.461. The highest BCUT2D eigenvalue weighted by molar-refractivity contribution is 9.11. The Labute approximate surface area is 187 Å². The van der Waals surface area contributed by atoms with E-state index in [1.807, 2.05) is 17.0 Å². The van der Waals surface area contributed by atoms with E-state index in [0.29, 0.717) is 6.54 Å². The van der Waals surface area contributed by atoms with Crippen molar-refractivity contribution in [2.45, 2.75) is 19.8 Å². The Bertz CT molecular complexity index is 981. The Morgan fingerprint density at radius 3 is 2.79 bits per heavy atom. The van der Waals surface area contributed by atoms with Crippen molar-refractivity contribution in [2.24, 2.45) is 0 Å². The van der Waals surface area contributed by atoms with Crippen LogP contribution in [0.15, 0.2) is 34.1 Å². The van der Waals surface area contributed by atoms with Gasteiger partial charge in [0.1, 0.15) is 0 Å². The molecule has 5 nitrogen and oxygen atoms in total. The van der Waals surface area contributed by atoms with Gasteiger partial charge in [-0.25, -0.2) is 4.98 Å². The van der Waals surface area contributed by atoms with Gasteiger partial charge < -0.3 is 4.74 Å². The molecule has 1 fully saturated rings. The summed E-state index contributed by atoms with van der Waals surface area (Å²) in [6, 6.07) is 10.2. The number of thiazole rings is 1. The van der Waals surface area contributed by atoms with Crippen molar-refractivity contribution in [3.8, 4) is 0 Å². The van der Waals surface area contributed by atoms with Gasteiger partial charge in [-0.2, -0.15) is 0 Å². The van der Waals surface area contributed by atoms with Gasteiger partial charge in [-0.15, -0.1) is 11.3 Å². The lowest BCUT2D eigenvalue weighted by atomic mass is 10.2. The number of halogens is 1. The van der Waals surface area contributed by atoms with Gasteiger partial charge in [-0.1, -0.05) is 24.3 Å². The van der Waals surface area contributed by atoms with Crippen molar-refractivity contribution in [1.29, 1.82) is 0 Å². The zero-order valence-electron chi connectivity index (χ0n) is 16.4. The van der Waals surface area contributed by atoms with Crippen molar-refractivity contribution in [2.75, 3.05) is 44.3 Å². The SMILES string of the molecule is CCc1ccc2nc(N(CCCN3CCOCC3)C(=O)c3ccc(Br)s3)sc2c1. The number of amides is 1. The molecule has 1 saturated heterocycles. The Morgan fingerprint density at radius 2 is 2.07 bits per heavy atom. The molecule has 2 aromatic heterocycles. The summed E-state index contributed by atoms with van der Waals surface area (Å²) in [4.78, 5) is 23.1.